The molecule has 1 atom stereocenters. The van der Waals surface area contributed by atoms with Gasteiger partial charge in [-0.1, -0.05) is 103 Å². The molecule has 1 amide bonds. The van der Waals surface area contributed by atoms with Crippen molar-refractivity contribution in [3.63, 3.8) is 0 Å². The molecule has 0 bridgehead atoms. The van der Waals surface area contributed by atoms with Crippen molar-refractivity contribution < 1.29 is 24.2 Å². The Hall–Kier alpha value is -1.59. The van der Waals surface area contributed by atoms with Crippen LogP contribution in [0.15, 0.2) is 0 Å². The summed E-state index contributed by atoms with van der Waals surface area (Å²) >= 11 is 0. The zero-order valence-corrected chi connectivity index (χ0v) is 20.1. The first-order valence-corrected chi connectivity index (χ1v) is 12.6. The quantitative estimate of drug-likeness (QED) is 0.155. The number of amides is 1. The third-order valence-electron chi connectivity index (χ3n) is 5.55. The fraction of sp³-hybridized carbons (Fsp3) is 0.880. The lowest BCUT2D eigenvalue weighted by atomic mass is 10.0. The second kappa shape index (κ2) is 21.6. The number of carbonyl (C=O) groups excluding carboxylic acids is 2. The van der Waals surface area contributed by atoms with Gasteiger partial charge in [-0.2, -0.15) is 0 Å². The van der Waals surface area contributed by atoms with Gasteiger partial charge in [-0.25, -0.2) is 4.79 Å². The second-order valence-electron chi connectivity index (χ2n) is 8.66. The van der Waals surface area contributed by atoms with Crippen LogP contribution >= 0.6 is 0 Å². The number of esters is 1. The summed E-state index contributed by atoms with van der Waals surface area (Å²) in [5, 5.41) is 11.2. The van der Waals surface area contributed by atoms with Crippen LogP contribution in [0.5, 0.6) is 0 Å². The van der Waals surface area contributed by atoms with Crippen LogP contribution in [-0.4, -0.2) is 35.6 Å². The summed E-state index contributed by atoms with van der Waals surface area (Å²) in [4.78, 5) is 33.9. The highest BCUT2D eigenvalue weighted by Gasteiger charge is 2.21. The van der Waals surface area contributed by atoms with Gasteiger partial charge in [0.2, 0.25) is 5.91 Å². The third-order valence-corrected chi connectivity index (χ3v) is 5.55. The molecule has 0 fully saturated rings. The van der Waals surface area contributed by atoms with Crippen LogP contribution < -0.4 is 5.32 Å². The fourth-order valence-electron chi connectivity index (χ4n) is 3.69. The first-order valence-electron chi connectivity index (χ1n) is 12.6. The Morgan fingerprint density at radius 2 is 1.16 bits per heavy atom. The summed E-state index contributed by atoms with van der Waals surface area (Å²) in [6.45, 7) is 3.88. The maximum Gasteiger partial charge on any atom is 0.328 e. The lowest BCUT2D eigenvalue weighted by molar-refractivity contribution is -0.148. The predicted octanol–water partition coefficient (Wildman–Crippen LogP) is 6.16. The summed E-state index contributed by atoms with van der Waals surface area (Å²) < 4.78 is 5.21. The number of unbranched alkanes of at least 4 members (excludes halogenated alkanes) is 15. The van der Waals surface area contributed by atoms with Gasteiger partial charge < -0.3 is 15.2 Å². The van der Waals surface area contributed by atoms with Crippen LogP contribution in [0, 0.1) is 0 Å². The van der Waals surface area contributed by atoms with E-state index in [0.717, 1.165) is 19.3 Å². The normalized spacial score (nSPS) is 11.8. The van der Waals surface area contributed by atoms with Crippen LogP contribution in [0.4, 0.5) is 0 Å². The number of aliphatic carboxylic acids is 1. The van der Waals surface area contributed by atoms with Gasteiger partial charge in [-0.3, -0.25) is 9.59 Å². The molecule has 0 aliphatic rings. The van der Waals surface area contributed by atoms with Crippen molar-refractivity contribution in [3.05, 3.63) is 0 Å². The molecule has 0 aromatic rings. The van der Waals surface area contributed by atoms with Crippen molar-refractivity contribution in [2.24, 2.45) is 0 Å². The van der Waals surface area contributed by atoms with E-state index in [0.29, 0.717) is 6.61 Å². The molecule has 6 nitrogen and oxygen atoms in total. The maximum absolute atomic E-state index is 12.0. The number of carboxylic acid groups (broad SMARTS) is 1. The molecule has 0 aromatic carbocycles. The summed E-state index contributed by atoms with van der Waals surface area (Å²) in [7, 11) is 0. The lowest BCUT2D eigenvalue weighted by Crippen LogP contribution is -2.41. The highest BCUT2D eigenvalue weighted by molar-refractivity contribution is 5.83. The van der Waals surface area contributed by atoms with E-state index in [-0.39, 0.29) is 18.7 Å². The zero-order chi connectivity index (χ0) is 23.2. The van der Waals surface area contributed by atoms with Crippen molar-refractivity contribution in [1.29, 1.82) is 0 Å². The van der Waals surface area contributed by atoms with Gasteiger partial charge in [0.15, 0.2) is 0 Å². The smallest absolute Gasteiger partial charge is 0.328 e. The van der Waals surface area contributed by atoms with Gasteiger partial charge in [-0.05, 0) is 12.8 Å². The molecular weight excluding hydrogens is 394 g/mol. The minimum atomic E-state index is -0.999. The summed E-state index contributed by atoms with van der Waals surface area (Å²) in [6, 6.07) is -0.880. The molecule has 2 N–H and O–H groups in total. The van der Waals surface area contributed by atoms with Crippen LogP contribution in [0.2, 0.25) is 0 Å². The molecule has 0 aliphatic heterocycles. The fourth-order valence-corrected chi connectivity index (χ4v) is 3.69. The molecule has 6 heteroatoms. The third kappa shape index (κ3) is 21.4. The number of rotatable bonds is 22. The first-order chi connectivity index (χ1) is 15.0. The first kappa shape index (κ1) is 29.4. The number of nitrogens with one attached hydrogen (secondary N) is 1. The standard InChI is InChI=1S/C25H47NO5/c1-3-4-5-6-7-8-9-10-11-12-13-14-15-16-17-18-21-31-25(30)23(26-22(2)27)19-20-24(28)29/h23H,3-21H2,1-2H3,(H,26,27)(H,28,29)/t23-/m0/s1. The van der Waals surface area contributed by atoms with Gasteiger partial charge in [0.1, 0.15) is 6.04 Å². The number of hydrogen-bond donors (Lipinski definition) is 2. The molecular formula is C25H47NO5. The van der Waals surface area contributed by atoms with Crippen LogP contribution in [0.25, 0.3) is 0 Å². The number of hydrogen-bond acceptors (Lipinski definition) is 4. The van der Waals surface area contributed by atoms with E-state index in [1.165, 1.54) is 90.4 Å². The van der Waals surface area contributed by atoms with Gasteiger partial charge >= 0.3 is 11.9 Å². The molecule has 182 valence electrons. The number of carbonyl (C=O) groups is 3. The molecule has 0 saturated heterocycles. The number of ether oxygens (including phenoxy) is 1. The van der Waals surface area contributed by atoms with Crippen LogP contribution in [-0.2, 0) is 19.1 Å². The Morgan fingerprint density at radius 1 is 0.742 bits per heavy atom. The van der Waals surface area contributed by atoms with Crippen molar-refractivity contribution in [3.8, 4) is 0 Å². The molecule has 0 radical (unpaired) electrons. The topological polar surface area (TPSA) is 92.7 Å². The van der Waals surface area contributed by atoms with Gasteiger partial charge in [-0.15, -0.1) is 0 Å². The summed E-state index contributed by atoms with van der Waals surface area (Å²) in [5.74, 6) is -1.91. The Labute approximate surface area is 189 Å². The Balaban J connectivity index is 3.48. The maximum atomic E-state index is 12.0. The molecule has 0 saturated carbocycles. The van der Waals surface area contributed by atoms with Crippen molar-refractivity contribution in [1.82, 2.24) is 5.32 Å². The molecule has 0 aromatic heterocycles. The van der Waals surface area contributed by atoms with Gasteiger partial charge in [0, 0.05) is 13.3 Å². The Morgan fingerprint density at radius 3 is 1.55 bits per heavy atom. The molecule has 0 aliphatic carbocycles. The Kier molecular flexibility index (Phi) is 20.5. The van der Waals surface area contributed by atoms with Crippen molar-refractivity contribution in [2.75, 3.05) is 6.61 Å². The number of carboxylic acids is 1. The van der Waals surface area contributed by atoms with Crippen molar-refractivity contribution in [2.45, 2.75) is 135 Å². The van der Waals surface area contributed by atoms with Gasteiger partial charge in [0.25, 0.3) is 0 Å². The second-order valence-corrected chi connectivity index (χ2v) is 8.66. The minimum absolute atomic E-state index is 0.0483. The van der Waals surface area contributed by atoms with Gasteiger partial charge in [0.05, 0.1) is 6.61 Å². The molecule has 0 rings (SSSR count). The lowest BCUT2D eigenvalue weighted by Gasteiger charge is -2.15. The highest BCUT2D eigenvalue weighted by Crippen LogP contribution is 2.13. The van der Waals surface area contributed by atoms with E-state index in [1.54, 1.807) is 0 Å². The van der Waals surface area contributed by atoms with E-state index >= 15 is 0 Å². The molecule has 31 heavy (non-hydrogen) atoms. The summed E-state index contributed by atoms with van der Waals surface area (Å²) in [5.41, 5.74) is 0. The molecule has 0 heterocycles. The van der Waals surface area contributed by atoms with E-state index < -0.39 is 18.0 Å². The Bertz CT molecular complexity index is 467. The van der Waals surface area contributed by atoms with Crippen LogP contribution in [0.3, 0.4) is 0 Å². The molecule has 0 unspecified atom stereocenters. The van der Waals surface area contributed by atoms with E-state index in [2.05, 4.69) is 12.2 Å². The largest absolute Gasteiger partial charge is 0.481 e. The monoisotopic (exact) mass is 441 g/mol. The molecule has 0 spiro atoms. The van der Waals surface area contributed by atoms with E-state index in [1.807, 2.05) is 0 Å². The van der Waals surface area contributed by atoms with E-state index in [9.17, 15) is 14.4 Å². The van der Waals surface area contributed by atoms with Crippen LogP contribution in [0.1, 0.15) is 129 Å². The average molecular weight is 442 g/mol. The van der Waals surface area contributed by atoms with Crippen molar-refractivity contribution >= 4 is 17.8 Å². The minimum Gasteiger partial charge on any atom is -0.481 e. The zero-order valence-electron chi connectivity index (χ0n) is 20.1. The SMILES string of the molecule is CCCCCCCCCCCCCCCCCCOC(=O)[C@H](CCC(=O)O)NC(C)=O. The predicted molar refractivity (Wildman–Crippen MR) is 125 cm³/mol. The average Bonchev–Trinajstić information content (AvgIpc) is 2.72. The van der Waals surface area contributed by atoms with E-state index in [4.69, 9.17) is 9.84 Å². The highest BCUT2D eigenvalue weighted by atomic mass is 16.5. The summed E-state index contributed by atoms with van der Waals surface area (Å²) in [6.07, 6.45) is 20.5.